The first-order chi connectivity index (χ1) is 6.19. The van der Waals surface area contributed by atoms with Crippen LogP contribution in [0.2, 0.25) is 0 Å². The summed E-state index contributed by atoms with van der Waals surface area (Å²) < 4.78 is 0. The van der Waals surface area contributed by atoms with E-state index in [1.807, 2.05) is 6.92 Å². The van der Waals surface area contributed by atoms with Crippen LogP contribution in [0.15, 0.2) is 9.59 Å². The second kappa shape index (κ2) is 4.04. The fourth-order valence-electron chi connectivity index (χ4n) is 1.27. The van der Waals surface area contributed by atoms with E-state index in [1.54, 1.807) is 0 Å². The predicted octanol–water partition coefficient (Wildman–Crippen LogP) is -0.873. The van der Waals surface area contributed by atoms with Gasteiger partial charge in [-0.25, -0.2) is 4.79 Å². The predicted molar refractivity (Wildman–Crippen MR) is 49.8 cm³/mol. The SMILES string of the molecule is CCc1[nH]c(=O)[nH]c(=O)c1CCN. The van der Waals surface area contributed by atoms with E-state index in [-0.39, 0.29) is 5.56 Å². The molecule has 1 heterocycles. The Kier molecular flexibility index (Phi) is 3.02. The standard InChI is InChI=1S/C8H13N3O2/c1-2-6-5(3-4-9)7(12)11-8(13)10-6/h2-4,9H2,1H3,(H2,10,11,12,13). The lowest BCUT2D eigenvalue weighted by Gasteiger charge is -2.03. The Bertz CT molecular complexity index is 391. The van der Waals surface area contributed by atoms with Crippen LogP contribution in [0, 0.1) is 0 Å². The van der Waals surface area contributed by atoms with Crippen molar-refractivity contribution in [3.8, 4) is 0 Å². The third-order valence-corrected chi connectivity index (χ3v) is 1.88. The molecule has 13 heavy (non-hydrogen) atoms. The maximum absolute atomic E-state index is 11.3. The average molecular weight is 183 g/mol. The van der Waals surface area contributed by atoms with Gasteiger partial charge >= 0.3 is 5.69 Å². The van der Waals surface area contributed by atoms with Crippen molar-refractivity contribution in [3.05, 3.63) is 32.1 Å². The highest BCUT2D eigenvalue weighted by molar-refractivity contribution is 5.16. The van der Waals surface area contributed by atoms with E-state index in [1.165, 1.54) is 0 Å². The lowest BCUT2D eigenvalue weighted by Crippen LogP contribution is -2.29. The van der Waals surface area contributed by atoms with Crippen molar-refractivity contribution in [2.45, 2.75) is 19.8 Å². The molecule has 0 spiro atoms. The molecule has 0 aliphatic rings. The molecule has 1 aromatic heterocycles. The Labute approximate surface area is 75.0 Å². The quantitative estimate of drug-likeness (QED) is 0.568. The molecule has 0 aliphatic carbocycles. The maximum atomic E-state index is 11.3. The van der Waals surface area contributed by atoms with Crippen LogP contribution in [-0.4, -0.2) is 16.5 Å². The summed E-state index contributed by atoms with van der Waals surface area (Å²) >= 11 is 0. The van der Waals surface area contributed by atoms with Gasteiger partial charge in [0.25, 0.3) is 5.56 Å². The van der Waals surface area contributed by atoms with Crippen molar-refractivity contribution in [1.82, 2.24) is 9.97 Å². The minimum Gasteiger partial charge on any atom is -0.330 e. The van der Waals surface area contributed by atoms with Gasteiger partial charge in [0.05, 0.1) is 0 Å². The van der Waals surface area contributed by atoms with Crippen LogP contribution in [0.25, 0.3) is 0 Å². The van der Waals surface area contributed by atoms with Gasteiger partial charge in [-0.1, -0.05) is 6.92 Å². The Morgan fingerprint density at radius 2 is 2.00 bits per heavy atom. The number of hydrogen-bond donors (Lipinski definition) is 3. The normalized spacial score (nSPS) is 10.3. The van der Waals surface area contributed by atoms with E-state index in [4.69, 9.17) is 5.73 Å². The molecule has 0 fully saturated rings. The van der Waals surface area contributed by atoms with Crippen LogP contribution >= 0.6 is 0 Å². The third kappa shape index (κ3) is 2.06. The largest absolute Gasteiger partial charge is 0.330 e. The summed E-state index contributed by atoms with van der Waals surface area (Å²) in [5, 5.41) is 0. The monoisotopic (exact) mass is 183 g/mol. The first-order valence-corrected chi connectivity index (χ1v) is 4.23. The smallest absolute Gasteiger partial charge is 0.325 e. The van der Waals surface area contributed by atoms with Crippen LogP contribution in [0.4, 0.5) is 0 Å². The zero-order valence-electron chi connectivity index (χ0n) is 7.52. The Balaban J connectivity index is 3.30. The van der Waals surface area contributed by atoms with Gasteiger partial charge in [-0.15, -0.1) is 0 Å². The molecule has 0 amide bonds. The molecule has 5 heteroatoms. The summed E-state index contributed by atoms with van der Waals surface area (Å²) in [4.78, 5) is 26.9. The molecule has 1 rings (SSSR count). The topological polar surface area (TPSA) is 91.7 Å². The molecule has 0 unspecified atom stereocenters. The Morgan fingerprint density at radius 1 is 1.31 bits per heavy atom. The molecule has 0 aromatic carbocycles. The van der Waals surface area contributed by atoms with E-state index in [0.717, 1.165) is 0 Å². The summed E-state index contributed by atoms with van der Waals surface area (Å²) in [7, 11) is 0. The van der Waals surface area contributed by atoms with Crippen molar-refractivity contribution in [1.29, 1.82) is 0 Å². The number of H-pyrrole nitrogens is 2. The molecule has 72 valence electrons. The number of hydrogen-bond acceptors (Lipinski definition) is 3. The molecule has 0 aliphatic heterocycles. The zero-order valence-corrected chi connectivity index (χ0v) is 7.52. The molecule has 0 atom stereocenters. The first kappa shape index (κ1) is 9.73. The third-order valence-electron chi connectivity index (χ3n) is 1.88. The molecule has 1 aromatic rings. The maximum Gasteiger partial charge on any atom is 0.325 e. The number of aryl methyl sites for hydroxylation is 1. The van der Waals surface area contributed by atoms with Crippen molar-refractivity contribution >= 4 is 0 Å². The molecule has 0 saturated heterocycles. The molecular weight excluding hydrogens is 170 g/mol. The molecular formula is C8H13N3O2. The van der Waals surface area contributed by atoms with E-state index in [2.05, 4.69) is 9.97 Å². The molecule has 5 nitrogen and oxygen atoms in total. The van der Waals surface area contributed by atoms with Crippen molar-refractivity contribution in [2.24, 2.45) is 5.73 Å². The van der Waals surface area contributed by atoms with Gasteiger partial charge in [-0.05, 0) is 19.4 Å². The fraction of sp³-hybridized carbons (Fsp3) is 0.500. The minimum atomic E-state index is -0.456. The van der Waals surface area contributed by atoms with E-state index >= 15 is 0 Å². The number of aromatic nitrogens is 2. The van der Waals surface area contributed by atoms with E-state index in [0.29, 0.717) is 30.6 Å². The summed E-state index contributed by atoms with van der Waals surface area (Å²) in [6.07, 6.45) is 1.13. The van der Waals surface area contributed by atoms with Crippen LogP contribution in [-0.2, 0) is 12.8 Å². The van der Waals surface area contributed by atoms with Crippen LogP contribution < -0.4 is 17.0 Å². The van der Waals surface area contributed by atoms with Crippen LogP contribution in [0.3, 0.4) is 0 Å². The summed E-state index contributed by atoms with van der Waals surface area (Å²) in [6.45, 7) is 2.28. The molecule has 0 bridgehead atoms. The first-order valence-electron chi connectivity index (χ1n) is 4.23. The second-order valence-corrected chi connectivity index (χ2v) is 2.76. The number of rotatable bonds is 3. The summed E-state index contributed by atoms with van der Waals surface area (Å²) in [6, 6.07) is 0. The van der Waals surface area contributed by atoms with Crippen molar-refractivity contribution in [3.63, 3.8) is 0 Å². The second-order valence-electron chi connectivity index (χ2n) is 2.76. The van der Waals surface area contributed by atoms with Gasteiger partial charge in [-0.2, -0.15) is 0 Å². The van der Waals surface area contributed by atoms with Gasteiger partial charge in [0.15, 0.2) is 0 Å². The molecule has 0 radical (unpaired) electrons. The fourth-order valence-corrected chi connectivity index (χ4v) is 1.27. The van der Waals surface area contributed by atoms with Crippen molar-refractivity contribution < 1.29 is 0 Å². The number of nitrogens with one attached hydrogen (secondary N) is 2. The number of aromatic amines is 2. The Hall–Kier alpha value is -1.36. The highest BCUT2D eigenvalue weighted by Gasteiger charge is 2.05. The minimum absolute atomic E-state index is 0.328. The van der Waals surface area contributed by atoms with Crippen LogP contribution in [0.1, 0.15) is 18.2 Å². The summed E-state index contributed by atoms with van der Waals surface area (Å²) in [5.41, 5.74) is 5.83. The lowest BCUT2D eigenvalue weighted by molar-refractivity contribution is 0.846. The van der Waals surface area contributed by atoms with Gasteiger partial charge in [0.1, 0.15) is 0 Å². The van der Waals surface area contributed by atoms with Gasteiger partial charge in [0.2, 0.25) is 0 Å². The van der Waals surface area contributed by atoms with Gasteiger partial charge in [-0.3, -0.25) is 9.78 Å². The summed E-state index contributed by atoms with van der Waals surface area (Å²) in [5.74, 6) is 0. The number of nitrogens with two attached hydrogens (primary N) is 1. The molecule has 4 N–H and O–H groups in total. The van der Waals surface area contributed by atoms with E-state index < -0.39 is 5.69 Å². The average Bonchev–Trinajstić information content (AvgIpc) is 2.09. The highest BCUT2D eigenvalue weighted by Crippen LogP contribution is 1.97. The molecule has 0 saturated carbocycles. The highest BCUT2D eigenvalue weighted by atomic mass is 16.2. The van der Waals surface area contributed by atoms with Gasteiger partial charge in [0, 0.05) is 11.3 Å². The van der Waals surface area contributed by atoms with Crippen LogP contribution in [0.5, 0.6) is 0 Å². The Morgan fingerprint density at radius 3 is 2.54 bits per heavy atom. The van der Waals surface area contributed by atoms with Gasteiger partial charge < -0.3 is 10.7 Å². The zero-order chi connectivity index (χ0) is 9.84. The van der Waals surface area contributed by atoms with E-state index in [9.17, 15) is 9.59 Å². The van der Waals surface area contributed by atoms with Crippen molar-refractivity contribution in [2.75, 3.05) is 6.54 Å². The lowest BCUT2D eigenvalue weighted by atomic mass is 10.1.